The van der Waals surface area contributed by atoms with Crippen LogP contribution in [-0.2, 0) is 6.18 Å². The Hall–Kier alpha value is -3.49. The molecule has 0 spiro atoms. The van der Waals surface area contributed by atoms with Gasteiger partial charge < -0.3 is 14.5 Å². The van der Waals surface area contributed by atoms with Crippen molar-refractivity contribution in [1.82, 2.24) is 14.7 Å². The lowest BCUT2D eigenvalue weighted by Gasteiger charge is -2.36. The number of hydrogen-bond acceptors (Lipinski definition) is 4. The fraction of sp³-hybridized carbons (Fsp3) is 0.304. The molecule has 3 aromatic rings. The third-order valence-corrected chi connectivity index (χ3v) is 5.34. The molecule has 1 fully saturated rings. The molecule has 0 N–H and O–H groups in total. The molecule has 1 amide bonds. The molecule has 2 aromatic carbocycles. The zero-order valence-electron chi connectivity index (χ0n) is 17.5. The molecule has 1 aromatic heterocycles. The van der Waals surface area contributed by atoms with Crippen molar-refractivity contribution in [2.45, 2.75) is 13.1 Å². The molecule has 0 atom stereocenters. The van der Waals surface area contributed by atoms with E-state index in [1.807, 2.05) is 31.2 Å². The summed E-state index contributed by atoms with van der Waals surface area (Å²) in [6.07, 6.45) is -3.72. The Kier molecular flexibility index (Phi) is 6.07. The highest BCUT2D eigenvalue weighted by molar-refractivity contribution is 5.95. The van der Waals surface area contributed by atoms with Gasteiger partial charge in [-0.2, -0.15) is 18.3 Å². The van der Waals surface area contributed by atoms with Gasteiger partial charge in [0.1, 0.15) is 5.75 Å². The van der Waals surface area contributed by atoms with E-state index in [1.165, 1.54) is 17.0 Å². The largest absolute Gasteiger partial charge is 0.492 e. The molecule has 1 aliphatic heterocycles. The van der Waals surface area contributed by atoms with Gasteiger partial charge in [0.2, 0.25) is 0 Å². The third-order valence-electron chi connectivity index (χ3n) is 5.34. The lowest BCUT2D eigenvalue weighted by atomic mass is 10.1. The van der Waals surface area contributed by atoms with Crippen LogP contribution in [0.3, 0.4) is 0 Å². The number of halogens is 3. The van der Waals surface area contributed by atoms with E-state index in [9.17, 15) is 18.0 Å². The molecule has 1 aliphatic rings. The summed E-state index contributed by atoms with van der Waals surface area (Å²) in [4.78, 5) is 16.6. The van der Waals surface area contributed by atoms with Gasteiger partial charge in [0.25, 0.3) is 5.91 Å². The summed E-state index contributed by atoms with van der Waals surface area (Å²) in [5.74, 6) is 0.0792. The van der Waals surface area contributed by atoms with Crippen molar-refractivity contribution in [2.24, 2.45) is 0 Å². The maximum atomic E-state index is 13.9. The van der Waals surface area contributed by atoms with Crippen LogP contribution < -0.4 is 9.64 Å². The Morgan fingerprint density at radius 3 is 2.31 bits per heavy atom. The molecule has 4 rings (SSSR count). The number of amides is 1. The van der Waals surface area contributed by atoms with Crippen LogP contribution in [0.2, 0.25) is 0 Å². The number of rotatable bonds is 5. The highest BCUT2D eigenvalue weighted by Gasteiger charge is 2.41. The molecular weight excluding hydrogens is 421 g/mol. The standard InChI is InChI=1S/C23H23F3N4O2/c1-2-32-20-11-7-6-10-19(20)28-12-14-29(15-13-28)22(31)18-16-27-30(21(18)23(24,25)26)17-8-4-3-5-9-17/h3-11,16H,2,12-15H2,1H3. The quantitative estimate of drug-likeness (QED) is 0.590. The minimum atomic E-state index is -4.73. The summed E-state index contributed by atoms with van der Waals surface area (Å²) in [6, 6.07) is 15.6. The summed E-state index contributed by atoms with van der Waals surface area (Å²) < 4.78 is 48.2. The number of para-hydroxylation sites is 3. The molecule has 2 heterocycles. The monoisotopic (exact) mass is 444 g/mol. The maximum absolute atomic E-state index is 13.9. The smallest absolute Gasteiger partial charge is 0.434 e. The Morgan fingerprint density at radius 2 is 1.66 bits per heavy atom. The fourth-order valence-electron chi connectivity index (χ4n) is 3.86. The lowest BCUT2D eigenvalue weighted by molar-refractivity contribution is -0.143. The summed E-state index contributed by atoms with van der Waals surface area (Å²) in [5.41, 5.74) is -0.340. The second-order valence-electron chi connectivity index (χ2n) is 7.33. The second-order valence-corrected chi connectivity index (χ2v) is 7.33. The summed E-state index contributed by atoms with van der Waals surface area (Å²) in [7, 11) is 0. The second kappa shape index (κ2) is 8.94. The fourth-order valence-corrected chi connectivity index (χ4v) is 3.86. The van der Waals surface area contributed by atoms with Crippen molar-refractivity contribution in [3.8, 4) is 11.4 Å². The first kappa shape index (κ1) is 21.7. The zero-order chi connectivity index (χ0) is 22.7. The Balaban J connectivity index is 1.55. The molecule has 0 radical (unpaired) electrons. The van der Waals surface area contributed by atoms with Gasteiger partial charge in [0.15, 0.2) is 5.69 Å². The van der Waals surface area contributed by atoms with Crippen LogP contribution in [0, 0.1) is 0 Å². The number of piperazine rings is 1. The van der Waals surface area contributed by atoms with Gasteiger partial charge in [-0.3, -0.25) is 4.79 Å². The molecule has 0 bridgehead atoms. The van der Waals surface area contributed by atoms with Crippen LogP contribution in [0.1, 0.15) is 23.0 Å². The first-order valence-electron chi connectivity index (χ1n) is 10.4. The SMILES string of the molecule is CCOc1ccccc1N1CCN(C(=O)c2cnn(-c3ccccc3)c2C(F)(F)F)CC1. The van der Waals surface area contributed by atoms with E-state index in [0.29, 0.717) is 32.8 Å². The predicted octanol–water partition coefficient (Wildman–Crippen LogP) is 4.25. The van der Waals surface area contributed by atoms with Crippen molar-refractivity contribution < 1.29 is 22.7 Å². The van der Waals surface area contributed by atoms with E-state index in [0.717, 1.165) is 22.3 Å². The van der Waals surface area contributed by atoms with Gasteiger partial charge >= 0.3 is 6.18 Å². The molecule has 1 saturated heterocycles. The summed E-state index contributed by atoms with van der Waals surface area (Å²) in [6.45, 7) is 4.01. The first-order valence-corrected chi connectivity index (χ1v) is 10.4. The Morgan fingerprint density at radius 1 is 1.00 bits per heavy atom. The summed E-state index contributed by atoms with van der Waals surface area (Å²) in [5, 5.41) is 3.89. The minimum Gasteiger partial charge on any atom is -0.492 e. The number of nitrogens with zero attached hydrogens (tertiary/aromatic N) is 4. The number of carbonyl (C=O) groups excluding carboxylic acids is 1. The van der Waals surface area contributed by atoms with Gasteiger partial charge in [-0.25, -0.2) is 4.68 Å². The van der Waals surface area contributed by atoms with E-state index in [4.69, 9.17) is 4.74 Å². The van der Waals surface area contributed by atoms with Gasteiger partial charge in [-0.15, -0.1) is 0 Å². The molecule has 6 nitrogen and oxygen atoms in total. The molecule has 32 heavy (non-hydrogen) atoms. The number of ether oxygens (including phenoxy) is 1. The Labute approximate surface area is 183 Å². The van der Waals surface area contributed by atoms with Crippen LogP contribution in [0.15, 0.2) is 60.8 Å². The molecule has 0 unspecified atom stereocenters. The maximum Gasteiger partial charge on any atom is 0.434 e. The number of alkyl halides is 3. The highest BCUT2D eigenvalue weighted by Crippen LogP contribution is 2.35. The van der Waals surface area contributed by atoms with Crippen LogP contribution in [-0.4, -0.2) is 53.4 Å². The van der Waals surface area contributed by atoms with Crippen LogP contribution >= 0.6 is 0 Å². The van der Waals surface area contributed by atoms with Gasteiger partial charge in [0.05, 0.1) is 29.7 Å². The van der Waals surface area contributed by atoms with E-state index in [1.54, 1.807) is 18.2 Å². The third kappa shape index (κ3) is 4.28. The van der Waals surface area contributed by atoms with E-state index in [-0.39, 0.29) is 5.69 Å². The number of hydrogen-bond donors (Lipinski definition) is 0. The number of benzene rings is 2. The van der Waals surface area contributed by atoms with Crippen LogP contribution in [0.5, 0.6) is 5.75 Å². The lowest BCUT2D eigenvalue weighted by Crippen LogP contribution is -2.49. The normalized spacial score (nSPS) is 14.5. The average Bonchev–Trinajstić information content (AvgIpc) is 3.26. The molecule has 168 valence electrons. The minimum absolute atomic E-state index is 0.247. The van der Waals surface area contributed by atoms with Crippen molar-refractivity contribution in [3.63, 3.8) is 0 Å². The molecule has 9 heteroatoms. The number of anilines is 1. The van der Waals surface area contributed by atoms with Crippen molar-refractivity contribution in [3.05, 3.63) is 72.1 Å². The number of carbonyl (C=O) groups is 1. The molecule has 0 aliphatic carbocycles. The average molecular weight is 444 g/mol. The van der Waals surface area contributed by atoms with Crippen molar-refractivity contribution >= 4 is 11.6 Å². The summed E-state index contributed by atoms with van der Waals surface area (Å²) >= 11 is 0. The van der Waals surface area contributed by atoms with Crippen LogP contribution in [0.25, 0.3) is 5.69 Å². The van der Waals surface area contributed by atoms with Crippen molar-refractivity contribution in [2.75, 3.05) is 37.7 Å². The zero-order valence-corrected chi connectivity index (χ0v) is 17.5. The topological polar surface area (TPSA) is 50.6 Å². The van der Waals surface area contributed by atoms with E-state index >= 15 is 0 Å². The highest BCUT2D eigenvalue weighted by atomic mass is 19.4. The number of aromatic nitrogens is 2. The molecule has 0 saturated carbocycles. The van der Waals surface area contributed by atoms with Gasteiger partial charge in [-0.05, 0) is 31.2 Å². The van der Waals surface area contributed by atoms with E-state index in [2.05, 4.69) is 10.00 Å². The predicted molar refractivity (Wildman–Crippen MR) is 114 cm³/mol. The van der Waals surface area contributed by atoms with E-state index < -0.39 is 23.3 Å². The van der Waals surface area contributed by atoms with Crippen LogP contribution in [0.4, 0.5) is 18.9 Å². The van der Waals surface area contributed by atoms with Gasteiger partial charge in [-0.1, -0.05) is 30.3 Å². The van der Waals surface area contributed by atoms with Gasteiger partial charge in [0, 0.05) is 26.2 Å². The van der Waals surface area contributed by atoms with Crippen molar-refractivity contribution in [1.29, 1.82) is 0 Å². The first-order chi connectivity index (χ1) is 15.4. The Bertz CT molecular complexity index is 1070. The molecular formula is C23H23F3N4O2.